The van der Waals surface area contributed by atoms with Crippen molar-refractivity contribution < 1.29 is 4.74 Å². The van der Waals surface area contributed by atoms with Gasteiger partial charge in [-0.2, -0.15) is 0 Å². The van der Waals surface area contributed by atoms with Gasteiger partial charge >= 0.3 is 0 Å². The summed E-state index contributed by atoms with van der Waals surface area (Å²) in [6, 6.07) is 10.8. The summed E-state index contributed by atoms with van der Waals surface area (Å²) in [4.78, 5) is 1.43. The van der Waals surface area contributed by atoms with E-state index < -0.39 is 0 Å². The highest BCUT2D eigenvalue weighted by Gasteiger charge is 2.24. The van der Waals surface area contributed by atoms with Crippen LogP contribution in [0.3, 0.4) is 0 Å². The number of hydrogen-bond acceptors (Lipinski definition) is 3. The molecule has 1 aliphatic rings. The first-order chi connectivity index (χ1) is 8.40. The minimum absolute atomic E-state index is 0.287. The van der Waals surface area contributed by atoms with Crippen LogP contribution in [0.25, 0.3) is 0 Å². The zero-order valence-electron chi connectivity index (χ0n) is 9.77. The van der Waals surface area contributed by atoms with Crippen molar-refractivity contribution in [1.82, 2.24) is 5.32 Å². The Kier molecular flexibility index (Phi) is 2.87. The fourth-order valence-electron chi connectivity index (χ4n) is 2.41. The number of thiophene rings is 1. The van der Waals surface area contributed by atoms with Gasteiger partial charge < -0.3 is 10.1 Å². The molecule has 0 bridgehead atoms. The van der Waals surface area contributed by atoms with E-state index in [0.29, 0.717) is 0 Å². The molecule has 2 aromatic rings. The summed E-state index contributed by atoms with van der Waals surface area (Å²) in [6.45, 7) is 1.03. The van der Waals surface area contributed by atoms with E-state index in [1.807, 2.05) is 23.5 Å². The van der Waals surface area contributed by atoms with E-state index in [1.54, 1.807) is 7.11 Å². The van der Waals surface area contributed by atoms with E-state index in [0.717, 1.165) is 18.7 Å². The van der Waals surface area contributed by atoms with Crippen LogP contribution < -0.4 is 10.1 Å². The Morgan fingerprint density at radius 2 is 2.18 bits per heavy atom. The summed E-state index contributed by atoms with van der Waals surface area (Å²) in [5.74, 6) is 0.964. The number of benzene rings is 1. The van der Waals surface area contributed by atoms with Crippen LogP contribution in [0.15, 0.2) is 35.7 Å². The third-order valence-corrected chi connectivity index (χ3v) is 4.26. The number of para-hydroxylation sites is 1. The van der Waals surface area contributed by atoms with Gasteiger partial charge in [0.25, 0.3) is 0 Å². The lowest BCUT2D eigenvalue weighted by Gasteiger charge is -2.25. The van der Waals surface area contributed by atoms with Crippen LogP contribution in [0.2, 0.25) is 0 Å². The highest BCUT2D eigenvalue weighted by molar-refractivity contribution is 7.10. The molecule has 1 unspecified atom stereocenters. The largest absolute Gasteiger partial charge is 0.496 e. The maximum atomic E-state index is 5.45. The summed E-state index contributed by atoms with van der Waals surface area (Å²) >= 11 is 1.83. The molecule has 0 saturated carbocycles. The monoisotopic (exact) mass is 245 g/mol. The lowest BCUT2D eigenvalue weighted by Crippen LogP contribution is -2.29. The molecule has 3 rings (SSSR count). The Labute approximate surface area is 105 Å². The number of methoxy groups -OCH3 is 1. The fourth-order valence-corrected chi connectivity index (χ4v) is 3.45. The van der Waals surface area contributed by atoms with Crippen molar-refractivity contribution in [2.75, 3.05) is 13.7 Å². The molecule has 1 N–H and O–H groups in total. The van der Waals surface area contributed by atoms with Gasteiger partial charge in [0, 0.05) is 17.0 Å². The SMILES string of the molecule is COc1ccccc1C1NCCc2ccsc21. The number of nitrogens with one attached hydrogen (secondary N) is 1. The van der Waals surface area contributed by atoms with Crippen LogP contribution in [0.4, 0.5) is 0 Å². The van der Waals surface area contributed by atoms with Gasteiger partial charge in [0.15, 0.2) is 0 Å². The molecule has 88 valence electrons. The Bertz CT molecular complexity index is 520. The maximum absolute atomic E-state index is 5.45. The van der Waals surface area contributed by atoms with Gasteiger partial charge in [0.2, 0.25) is 0 Å². The standard InChI is InChI=1S/C14H15NOS/c1-16-12-5-3-2-4-11(12)13-14-10(6-8-15-13)7-9-17-14/h2-5,7,9,13,15H,6,8H2,1H3. The lowest BCUT2D eigenvalue weighted by molar-refractivity contribution is 0.403. The van der Waals surface area contributed by atoms with Crippen LogP contribution >= 0.6 is 11.3 Å². The Morgan fingerprint density at radius 1 is 1.29 bits per heavy atom. The second-order valence-corrected chi connectivity index (χ2v) is 5.14. The van der Waals surface area contributed by atoms with Gasteiger partial charge in [0.05, 0.1) is 13.2 Å². The molecule has 1 aromatic heterocycles. The molecule has 2 heterocycles. The first-order valence-electron chi connectivity index (χ1n) is 5.82. The second-order valence-electron chi connectivity index (χ2n) is 4.19. The predicted molar refractivity (Wildman–Crippen MR) is 70.9 cm³/mol. The number of fused-ring (bicyclic) bond motifs is 1. The molecule has 17 heavy (non-hydrogen) atoms. The molecular weight excluding hydrogens is 230 g/mol. The Balaban J connectivity index is 2.06. The van der Waals surface area contributed by atoms with E-state index in [9.17, 15) is 0 Å². The molecule has 0 aliphatic carbocycles. The predicted octanol–water partition coefficient (Wildman–Crippen LogP) is 2.99. The molecule has 0 saturated heterocycles. The van der Waals surface area contributed by atoms with Gasteiger partial charge in [-0.15, -0.1) is 11.3 Å². The normalized spacial score (nSPS) is 18.8. The third-order valence-electron chi connectivity index (χ3n) is 3.24. The number of hydrogen-bond donors (Lipinski definition) is 1. The van der Waals surface area contributed by atoms with Crippen molar-refractivity contribution in [2.45, 2.75) is 12.5 Å². The first kappa shape index (κ1) is 10.8. The van der Waals surface area contributed by atoms with Crippen LogP contribution in [0.5, 0.6) is 5.75 Å². The minimum atomic E-state index is 0.287. The van der Waals surface area contributed by atoms with Crippen LogP contribution in [0.1, 0.15) is 22.0 Å². The molecule has 0 radical (unpaired) electrons. The van der Waals surface area contributed by atoms with Gasteiger partial charge in [-0.05, 0) is 29.5 Å². The summed E-state index contributed by atoms with van der Waals surface area (Å²) < 4.78 is 5.45. The van der Waals surface area contributed by atoms with Crippen LogP contribution in [-0.2, 0) is 6.42 Å². The average molecular weight is 245 g/mol. The molecule has 0 amide bonds. The molecule has 0 spiro atoms. The fraction of sp³-hybridized carbons (Fsp3) is 0.286. The molecule has 1 atom stereocenters. The van der Waals surface area contributed by atoms with Crippen molar-refractivity contribution in [3.05, 3.63) is 51.7 Å². The molecular formula is C14H15NOS. The van der Waals surface area contributed by atoms with Gasteiger partial charge in [-0.3, -0.25) is 0 Å². The molecule has 0 fully saturated rings. The Morgan fingerprint density at radius 3 is 3.06 bits per heavy atom. The molecule has 1 aromatic carbocycles. The topological polar surface area (TPSA) is 21.3 Å². The van der Waals surface area contributed by atoms with Crippen molar-refractivity contribution in [3.8, 4) is 5.75 Å². The molecule has 2 nitrogen and oxygen atoms in total. The maximum Gasteiger partial charge on any atom is 0.124 e. The molecule has 1 aliphatic heterocycles. The third kappa shape index (κ3) is 1.85. The van der Waals surface area contributed by atoms with E-state index >= 15 is 0 Å². The van der Waals surface area contributed by atoms with Gasteiger partial charge in [-0.25, -0.2) is 0 Å². The van der Waals surface area contributed by atoms with Crippen molar-refractivity contribution in [3.63, 3.8) is 0 Å². The summed E-state index contributed by atoms with van der Waals surface area (Å²) in [7, 11) is 1.73. The summed E-state index contributed by atoms with van der Waals surface area (Å²) in [5, 5.41) is 5.76. The highest BCUT2D eigenvalue weighted by atomic mass is 32.1. The van der Waals surface area contributed by atoms with Crippen LogP contribution in [0, 0.1) is 0 Å². The quantitative estimate of drug-likeness (QED) is 0.878. The van der Waals surface area contributed by atoms with Crippen molar-refractivity contribution in [1.29, 1.82) is 0 Å². The molecule has 3 heteroatoms. The zero-order chi connectivity index (χ0) is 11.7. The lowest BCUT2D eigenvalue weighted by atomic mass is 9.97. The Hall–Kier alpha value is -1.32. The summed E-state index contributed by atoms with van der Waals surface area (Å²) in [5.41, 5.74) is 2.71. The van der Waals surface area contributed by atoms with E-state index in [-0.39, 0.29) is 6.04 Å². The van der Waals surface area contributed by atoms with Crippen molar-refractivity contribution in [2.24, 2.45) is 0 Å². The smallest absolute Gasteiger partial charge is 0.124 e. The minimum Gasteiger partial charge on any atom is -0.496 e. The average Bonchev–Trinajstić information content (AvgIpc) is 2.86. The van der Waals surface area contributed by atoms with E-state index in [1.165, 1.54) is 16.0 Å². The second kappa shape index (κ2) is 4.51. The van der Waals surface area contributed by atoms with Crippen molar-refractivity contribution >= 4 is 11.3 Å². The zero-order valence-corrected chi connectivity index (χ0v) is 10.6. The first-order valence-corrected chi connectivity index (χ1v) is 6.70. The van der Waals surface area contributed by atoms with E-state index in [2.05, 4.69) is 28.9 Å². The van der Waals surface area contributed by atoms with E-state index in [4.69, 9.17) is 4.74 Å². The number of rotatable bonds is 2. The van der Waals surface area contributed by atoms with Crippen LogP contribution in [-0.4, -0.2) is 13.7 Å². The number of ether oxygens (including phenoxy) is 1. The van der Waals surface area contributed by atoms with Gasteiger partial charge in [-0.1, -0.05) is 18.2 Å². The van der Waals surface area contributed by atoms with Gasteiger partial charge in [0.1, 0.15) is 5.75 Å². The highest BCUT2D eigenvalue weighted by Crippen LogP contribution is 2.36. The summed E-state index contributed by atoms with van der Waals surface area (Å²) in [6.07, 6.45) is 1.13.